The molecule has 3 aromatic rings. The summed E-state index contributed by atoms with van der Waals surface area (Å²) < 4.78 is 0. The third-order valence-corrected chi connectivity index (χ3v) is 4.54. The second-order valence-corrected chi connectivity index (χ2v) is 6.99. The van der Waals surface area contributed by atoms with E-state index >= 15 is 0 Å². The number of nitrogens with zero attached hydrogens (tertiary/aromatic N) is 3. The molecule has 0 fully saturated rings. The molecule has 27 heavy (non-hydrogen) atoms. The van der Waals surface area contributed by atoms with E-state index in [0.29, 0.717) is 0 Å². The first-order valence-corrected chi connectivity index (χ1v) is 9.13. The van der Waals surface area contributed by atoms with Gasteiger partial charge in [-0.15, -0.1) is 0 Å². The molecule has 0 N–H and O–H groups in total. The number of benzene rings is 2. The number of hydrogen-bond acceptors (Lipinski definition) is 3. The van der Waals surface area contributed by atoms with Crippen LogP contribution in [0.2, 0.25) is 0 Å². The van der Waals surface area contributed by atoms with Crippen LogP contribution in [0.25, 0.3) is 0 Å². The fourth-order valence-electron chi connectivity index (χ4n) is 3.13. The Morgan fingerprint density at radius 2 is 1.00 bits per heavy atom. The van der Waals surface area contributed by atoms with Crippen LogP contribution in [0.1, 0.15) is 39.2 Å². The van der Waals surface area contributed by atoms with Gasteiger partial charge in [0.2, 0.25) is 0 Å². The van der Waals surface area contributed by atoms with Crippen molar-refractivity contribution in [3.63, 3.8) is 0 Å². The molecule has 0 bridgehead atoms. The molecule has 0 unspecified atom stereocenters. The van der Waals surface area contributed by atoms with Crippen LogP contribution in [0.3, 0.4) is 0 Å². The minimum absolute atomic E-state index is 0.834. The molecule has 2 aromatic carbocycles. The average Bonchev–Trinajstić information content (AvgIpc) is 2.60. The van der Waals surface area contributed by atoms with E-state index < -0.39 is 0 Å². The van der Waals surface area contributed by atoms with Gasteiger partial charge in [-0.25, -0.2) is 4.98 Å². The summed E-state index contributed by atoms with van der Waals surface area (Å²) in [6.07, 6.45) is 3.66. The van der Waals surface area contributed by atoms with E-state index in [9.17, 15) is 0 Å². The maximum Gasteiger partial charge on any atom is 0.0823 e. The Hall–Kier alpha value is -3.07. The van der Waals surface area contributed by atoms with Gasteiger partial charge in [-0.2, -0.15) is 0 Å². The van der Waals surface area contributed by atoms with Crippen LogP contribution in [0.5, 0.6) is 0 Å². The Morgan fingerprint density at radius 3 is 1.37 bits per heavy atom. The first-order valence-electron chi connectivity index (χ1n) is 9.13. The Kier molecular flexibility index (Phi) is 5.60. The van der Waals surface area contributed by atoms with Crippen LogP contribution in [0.15, 0.2) is 58.5 Å². The number of para-hydroxylation sites is 2. The predicted molar refractivity (Wildman–Crippen MR) is 115 cm³/mol. The zero-order valence-electron chi connectivity index (χ0n) is 16.6. The third-order valence-electron chi connectivity index (χ3n) is 4.54. The number of aryl methyl sites for hydroxylation is 5. The lowest BCUT2D eigenvalue weighted by Crippen LogP contribution is -1.96. The Bertz CT molecular complexity index is 910. The summed E-state index contributed by atoms with van der Waals surface area (Å²) >= 11 is 0. The van der Waals surface area contributed by atoms with E-state index in [0.717, 1.165) is 50.6 Å². The molecule has 0 aliphatic carbocycles. The molecule has 0 amide bonds. The highest BCUT2D eigenvalue weighted by Gasteiger charge is 2.02. The van der Waals surface area contributed by atoms with Crippen molar-refractivity contribution >= 4 is 23.8 Å². The number of aliphatic imine (C=N–C) groups is 2. The smallest absolute Gasteiger partial charge is 0.0823 e. The van der Waals surface area contributed by atoms with Crippen molar-refractivity contribution < 1.29 is 0 Å². The topological polar surface area (TPSA) is 37.6 Å². The number of aromatic nitrogens is 1. The lowest BCUT2D eigenvalue weighted by molar-refractivity contribution is 1.23. The summed E-state index contributed by atoms with van der Waals surface area (Å²) in [6.45, 7) is 10.4. The fourth-order valence-corrected chi connectivity index (χ4v) is 3.13. The van der Waals surface area contributed by atoms with E-state index in [-0.39, 0.29) is 0 Å². The molecule has 1 aromatic heterocycles. The molecule has 0 aliphatic rings. The molecular weight excluding hydrogens is 330 g/mol. The van der Waals surface area contributed by atoms with Crippen LogP contribution >= 0.6 is 0 Å². The summed E-state index contributed by atoms with van der Waals surface area (Å²) in [6, 6.07) is 16.5. The predicted octanol–water partition coefficient (Wildman–Crippen LogP) is 6.12. The van der Waals surface area contributed by atoms with Crippen molar-refractivity contribution in [1.82, 2.24) is 4.98 Å². The monoisotopic (exact) mass is 355 g/mol. The second-order valence-electron chi connectivity index (χ2n) is 6.99. The molecule has 3 nitrogen and oxygen atoms in total. The van der Waals surface area contributed by atoms with E-state index in [1.165, 1.54) is 0 Å². The largest absolute Gasteiger partial charge is 0.254 e. The van der Waals surface area contributed by atoms with Crippen molar-refractivity contribution in [1.29, 1.82) is 0 Å². The van der Waals surface area contributed by atoms with E-state index in [2.05, 4.69) is 86.0 Å². The standard InChI is InChI=1S/C24H25N3/c1-16-12-21(14-25-23-17(2)8-6-9-18(23)3)27-22(13-16)15-26-24-19(4)10-7-11-20(24)5/h6-15H,1-5H3. The molecule has 1 heterocycles. The molecule has 3 rings (SSSR count). The Labute approximate surface area is 161 Å². The van der Waals surface area contributed by atoms with Gasteiger partial charge < -0.3 is 0 Å². The van der Waals surface area contributed by atoms with Gasteiger partial charge in [0.15, 0.2) is 0 Å². The zero-order valence-corrected chi connectivity index (χ0v) is 16.6. The van der Waals surface area contributed by atoms with Gasteiger partial charge in [0.25, 0.3) is 0 Å². The summed E-state index contributed by atoms with van der Waals surface area (Å²) in [5.41, 5.74) is 9.47. The number of hydrogen-bond donors (Lipinski definition) is 0. The molecule has 0 saturated carbocycles. The molecule has 0 spiro atoms. The molecular formula is C24H25N3. The average molecular weight is 355 g/mol. The summed E-state index contributed by atoms with van der Waals surface area (Å²) in [5.74, 6) is 0. The highest BCUT2D eigenvalue weighted by atomic mass is 14.8. The minimum Gasteiger partial charge on any atom is -0.254 e. The summed E-state index contributed by atoms with van der Waals surface area (Å²) in [4.78, 5) is 14.0. The summed E-state index contributed by atoms with van der Waals surface area (Å²) in [5, 5.41) is 0. The second kappa shape index (κ2) is 8.09. The summed E-state index contributed by atoms with van der Waals surface area (Å²) in [7, 11) is 0. The third kappa shape index (κ3) is 4.56. The lowest BCUT2D eigenvalue weighted by atomic mass is 10.1. The fraction of sp³-hybridized carbons (Fsp3) is 0.208. The van der Waals surface area contributed by atoms with E-state index in [4.69, 9.17) is 0 Å². The van der Waals surface area contributed by atoms with Gasteiger partial charge in [-0.1, -0.05) is 36.4 Å². The highest BCUT2D eigenvalue weighted by Crippen LogP contribution is 2.24. The van der Waals surface area contributed by atoms with E-state index in [1.807, 2.05) is 24.6 Å². The van der Waals surface area contributed by atoms with Crippen molar-refractivity contribution in [2.75, 3.05) is 0 Å². The van der Waals surface area contributed by atoms with Crippen LogP contribution < -0.4 is 0 Å². The lowest BCUT2D eigenvalue weighted by Gasteiger charge is -2.05. The normalized spacial score (nSPS) is 11.6. The Balaban J connectivity index is 1.91. The molecule has 0 saturated heterocycles. The molecule has 136 valence electrons. The van der Waals surface area contributed by atoms with Gasteiger partial charge in [0.05, 0.1) is 35.2 Å². The SMILES string of the molecule is Cc1cc(C=Nc2c(C)cccc2C)nc(C=Nc2c(C)cccc2C)c1. The van der Waals surface area contributed by atoms with Crippen LogP contribution in [0.4, 0.5) is 11.4 Å². The van der Waals surface area contributed by atoms with Crippen molar-refractivity contribution in [3.05, 3.63) is 87.7 Å². The molecule has 0 atom stereocenters. The molecule has 0 radical (unpaired) electrons. The van der Waals surface area contributed by atoms with Gasteiger partial charge in [-0.3, -0.25) is 9.98 Å². The van der Waals surface area contributed by atoms with E-state index in [1.54, 1.807) is 0 Å². The van der Waals surface area contributed by atoms with Gasteiger partial charge in [0, 0.05) is 0 Å². The maximum absolute atomic E-state index is 4.68. The highest BCUT2D eigenvalue weighted by molar-refractivity contribution is 5.85. The maximum atomic E-state index is 4.68. The van der Waals surface area contributed by atoms with Gasteiger partial charge in [0.1, 0.15) is 0 Å². The van der Waals surface area contributed by atoms with Crippen LogP contribution in [0, 0.1) is 34.6 Å². The van der Waals surface area contributed by atoms with Crippen molar-refractivity contribution in [3.8, 4) is 0 Å². The van der Waals surface area contributed by atoms with Crippen molar-refractivity contribution in [2.45, 2.75) is 34.6 Å². The van der Waals surface area contributed by atoms with Crippen molar-refractivity contribution in [2.24, 2.45) is 9.98 Å². The quantitative estimate of drug-likeness (QED) is 0.519. The first-order chi connectivity index (χ1) is 12.9. The van der Waals surface area contributed by atoms with Crippen LogP contribution in [-0.4, -0.2) is 17.4 Å². The Morgan fingerprint density at radius 1 is 0.630 bits per heavy atom. The number of pyridine rings is 1. The molecule has 0 aliphatic heterocycles. The minimum atomic E-state index is 0.834. The van der Waals surface area contributed by atoms with Gasteiger partial charge >= 0.3 is 0 Å². The zero-order chi connectivity index (χ0) is 19.4. The number of rotatable bonds is 4. The first kappa shape index (κ1) is 18.7. The van der Waals surface area contributed by atoms with Crippen LogP contribution in [-0.2, 0) is 0 Å². The van der Waals surface area contributed by atoms with Gasteiger partial charge in [-0.05, 0) is 74.6 Å². The molecule has 3 heteroatoms.